The number of rotatable bonds is 6. The molecule has 0 saturated carbocycles. The summed E-state index contributed by atoms with van der Waals surface area (Å²) in [5.74, 6) is 0.230. The number of aromatic nitrogens is 2. The summed E-state index contributed by atoms with van der Waals surface area (Å²) < 4.78 is 5.44. The molecule has 0 unspecified atom stereocenters. The van der Waals surface area contributed by atoms with E-state index in [1.165, 1.54) is 6.33 Å². The van der Waals surface area contributed by atoms with Gasteiger partial charge in [0.2, 0.25) is 0 Å². The number of carbonyl (C=O) groups is 1. The smallest absolute Gasteiger partial charge is 0.258 e. The van der Waals surface area contributed by atoms with Crippen molar-refractivity contribution in [1.82, 2.24) is 15.3 Å². The Morgan fingerprint density at radius 1 is 1.33 bits per heavy atom. The maximum Gasteiger partial charge on any atom is 0.258 e. The van der Waals surface area contributed by atoms with Crippen LogP contribution in [0.5, 0.6) is 5.75 Å². The molecule has 0 aliphatic heterocycles. The molecule has 3 N–H and O–H groups in total. The van der Waals surface area contributed by atoms with Crippen LogP contribution in [0, 0.1) is 0 Å². The molecule has 1 heterocycles. The van der Waals surface area contributed by atoms with Gasteiger partial charge in [-0.15, -0.1) is 0 Å². The molecule has 6 nitrogen and oxygen atoms in total. The fourth-order valence-electron chi connectivity index (χ4n) is 1.60. The highest BCUT2D eigenvalue weighted by Gasteiger charge is 2.08. The summed E-state index contributed by atoms with van der Waals surface area (Å²) in [6, 6.07) is 8.78. The SMILES string of the molecule is NC(=S)c1ccccc1OCC(=O)NCc1ccncn1. The molecule has 1 amide bonds. The molecule has 0 fully saturated rings. The lowest BCUT2D eigenvalue weighted by atomic mass is 10.2. The molecule has 0 radical (unpaired) electrons. The third-order valence-corrected chi connectivity index (χ3v) is 2.84. The second kappa shape index (κ2) is 7.30. The molecular weight excluding hydrogens is 288 g/mol. The minimum absolute atomic E-state index is 0.120. The van der Waals surface area contributed by atoms with Gasteiger partial charge >= 0.3 is 0 Å². The summed E-state index contributed by atoms with van der Waals surface area (Å²) in [6.45, 7) is 0.201. The normalized spacial score (nSPS) is 9.90. The molecule has 7 heteroatoms. The highest BCUT2D eigenvalue weighted by molar-refractivity contribution is 7.80. The summed E-state index contributed by atoms with van der Waals surface area (Å²) in [5, 5.41) is 2.70. The Balaban J connectivity index is 1.86. The number of hydrogen-bond donors (Lipinski definition) is 2. The predicted octanol–water partition coefficient (Wildman–Crippen LogP) is 0.806. The number of nitrogens with two attached hydrogens (primary N) is 1. The van der Waals surface area contributed by atoms with Crippen molar-refractivity contribution in [3.8, 4) is 5.75 Å². The van der Waals surface area contributed by atoms with E-state index in [9.17, 15) is 4.79 Å². The summed E-state index contributed by atoms with van der Waals surface area (Å²) in [5.41, 5.74) is 6.92. The van der Waals surface area contributed by atoms with E-state index in [0.717, 1.165) is 5.69 Å². The van der Waals surface area contributed by atoms with Crippen molar-refractivity contribution in [3.63, 3.8) is 0 Å². The quantitative estimate of drug-likeness (QED) is 0.767. The van der Waals surface area contributed by atoms with Crippen LogP contribution >= 0.6 is 12.2 Å². The molecule has 0 atom stereocenters. The molecule has 2 rings (SSSR count). The number of thiocarbonyl (C=S) groups is 1. The Morgan fingerprint density at radius 3 is 2.86 bits per heavy atom. The van der Waals surface area contributed by atoms with E-state index >= 15 is 0 Å². The number of ether oxygens (including phenoxy) is 1. The number of carbonyl (C=O) groups excluding carboxylic acids is 1. The Kier molecular flexibility index (Phi) is 5.16. The second-order valence-corrected chi connectivity index (χ2v) is 4.57. The first kappa shape index (κ1) is 14.9. The first-order chi connectivity index (χ1) is 10.2. The maximum absolute atomic E-state index is 11.7. The number of benzene rings is 1. The largest absolute Gasteiger partial charge is 0.483 e. The van der Waals surface area contributed by atoms with E-state index in [1.54, 1.807) is 36.5 Å². The van der Waals surface area contributed by atoms with Gasteiger partial charge in [0, 0.05) is 6.20 Å². The molecule has 1 aromatic carbocycles. The van der Waals surface area contributed by atoms with Crippen LogP contribution in [0.1, 0.15) is 11.3 Å². The molecule has 21 heavy (non-hydrogen) atoms. The third-order valence-electron chi connectivity index (χ3n) is 2.62. The number of nitrogens with zero attached hydrogens (tertiary/aromatic N) is 2. The molecule has 0 saturated heterocycles. The monoisotopic (exact) mass is 302 g/mol. The van der Waals surface area contributed by atoms with Crippen molar-refractivity contribution in [2.75, 3.05) is 6.61 Å². The van der Waals surface area contributed by atoms with Crippen molar-refractivity contribution >= 4 is 23.1 Å². The third kappa shape index (κ3) is 4.50. The zero-order valence-corrected chi connectivity index (χ0v) is 12.0. The molecule has 0 aliphatic carbocycles. The van der Waals surface area contributed by atoms with Gasteiger partial charge in [0.15, 0.2) is 6.61 Å². The van der Waals surface area contributed by atoms with Gasteiger partial charge in [-0.2, -0.15) is 0 Å². The van der Waals surface area contributed by atoms with E-state index in [1.807, 2.05) is 0 Å². The highest BCUT2D eigenvalue weighted by Crippen LogP contribution is 2.17. The average molecular weight is 302 g/mol. The Labute approximate surface area is 127 Å². The van der Waals surface area contributed by atoms with Crippen LogP contribution in [0.2, 0.25) is 0 Å². The van der Waals surface area contributed by atoms with E-state index in [0.29, 0.717) is 17.9 Å². The van der Waals surface area contributed by atoms with E-state index in [-0.39, 0.29) is 17.5 Å². The van der Waals surface area contributed by atoms with Gasteiger partial charge in [-0.05, 0) is 18.2 Å². The van der Waals surface area contributed by atoms with Crippen LogP contribution in [-0.4, -0.2) is 27.5 Å². The number of amides is 1. The van der Waals surface area contributed by atoms with Crippen LogP contribution in [0.15, 0.2) is 42.9 Å². The van der Waals surface area contributed by atoms with E-state index < -0.39 is 0 Å². The van der Waals surface area contributed by atoms with E-state index in [2.05, 4.69) is 15.3 Å². The molecule has 0 spiro atoms. The van der Waals surface area contributed by atoms with Gasteiger partial charge in [-0.3, -0.25) is 4.79 Å². The minimum Gasteiger partial charge on any atom is -0.483 e. The van der Waals surface area contributed by atoms with Gasteiger partial charge in [0.1, 0.15) is 17.1 Å². The maximum atomic E-state index is 11.7. The molecular formula is C14H14N4O2S. The summed E-state index contributed by atoms with van der Waals surface area (Å²) in [7, 11) is 0. The topological polar surface area (TPSA) is 90.1 Å². The Hall–Kier alpha value is -2.54. The number of para-hydroxylation sites is 1. The fraction of sp³-hybridized carbons (Fsp3) is 0.143. The van der Waals surface area contributed by atoms with Gasteiger partial charge < -0.3 is 15.8 Å². The van der Waals surface area contributed by atoms with Gasteiger partial charge in [0.25, 0.3) is 5.91 Å². The molecule has 2 aromatic rings. The summed E-state index contributed by atoms with van der Waals surface area (Å²) in [4.78, 5) is 19.8. The summed E-state index contributed by atoms with van der Waals surface area (Å²) >= 11 is 4.93. The van der Waals surface area contributed by atoms with Crippen LogP contribution < -0.4 is 15.8 Å². The first-order valence-electron chi connectivity index (χ1n) is 6.20. The molecule has 0 aliphatic rings. The predicted molar refractivity (Wildman–Crippen MR) is 81.7 cm³/mol. The van der Waals surface area contributed by atoms with Gasteiger partial charge in [-0.1, -0.05) is 24.4 Å². The zero-order valence-electron chi connectivity index (χ0n) is 11.2. The molecule has 108 valence electrons. The lowest BCUT2D eigenvalue weighted by Gasteiger charge is -2.10. The number of hydrogen-bond acceptors (Lipinski definition) is 5. The van der Waals surface area contributed by atoms with Crippen LogP contribution in [-0.2, 0) is 11.3 Å². The van der Waals surface area contributed by atoms with Gasteiger partial charge in [0.05, 0.1) is 17.8 Å². The minimum atomic E-state index is -0.258. The van der Waals surface area contributed by atoms with Gasteiger partial charge in [-0.25, -0.2) is 9.97 Å². The molecule has 1 aromatic heterocycles. The average Bonchev–Trinajstić information content (AvgIpc) is 2.52. The van der Waals surface area contributed by atoms with Crippen molar-refractivity contribution in [3.05, 3.63) is 54.1 Å². The summed E-state index contributed by atoms with van der Waals surface area (Å²) in [6.07, 6.45) is 3.04. The highest BCUT2D eigenvalue weighted by atomic mass is 32.1. The zero-order chi connectivity index (χ0) is 15.1. The standard InChI is InChI=1S/C14H14N4O2S/c15-14(21)11-3-1-2-4-12(11)20-8-13(19)17-7-10-5-6-16-9-18-10/h1-6,9H,7-8H2,(H2,15,21)(H,17,19). The Morgan fingerprint density at radius 2 is 2.14 bits per heavy atom. The van der Waals surface area contributed by atoms with Crippen molar-refractivity contribution in [2.24, 2.45) is 5.73 Å². The van der Waals surface area contributed by atoms with Crippen molar-refractivity contribution in [2.45, 2.75) is 6.54 Å². The van der Waals surface area contributed by atoms with E-state index in [4.69, 9.17) is 22.7 Å². The fourth-order valence-corrected chi connectivity index (χ4v) is 1.77. The second-order valence-electron chi connectivity index (χ2n) is 4.13. The van der Waals surface area contributed by atoms with Crippen molar-refractivity contribution in [1.29, 1.82) is 0 Å². The van der Waals surface area contributed by atoms with Crippen molar-refractivity contribution < 1.29 is 9.53 Å². The lowest BCUT2D eigenvalue weighted by molar-refractivity contribution is -0.123. The Bertz CT molecular complexity index is 634. The lowest BCUT2D eigenvalue weighted by Crippen LogP contribution is -2.29. The number of nitrogens with one attached hydrogen (secondary N) is 1. The molecule has 0 bridgehead atoms. The van der Waals surface area contributed by atoms with Crippen LogP contribution in [0.4, 0.5) is 0 Å². The first-order valence-corrected chi connectivity index (χ1v) is 6.61. The van der Waals surface area contributed by atoms with Crippen LogP contribution in [0.25, 0.3) is 0 Å². The van der Waals surface area contributed by atoms with Crippen LogP contribution in [0.3, 0.4) is 0 Å².